The Balaban J connectivity index is 0.00000280. The summed E-state index contributed by atoms with van der Waals surface area (Å²) in [7, 11) is 0. The van der Waals surface area contributed by atoms with Crippen LogP contribution in [0.15, 0.2) is 40.9 Å². The fourth-order valence-corrected chi connectivity index (χ4v) is 4.16. The lowest BCUT2D eigenvalue weighted by atomic mass is 9.95. The summed E-state index contributed by atoms with van der Waals surface area (Å²) in [4.78, 5) is 0. The summed E-state index contributed by atoms with van der Waals surface area (Å²) in [6.07, 6.45) is 6.60. The number of halogens is 3. The second kappa shape index (κ2) is 11.9. The average Bonchev–Trinajstić information content (AvgIpc) is 2.68. The predicted octanol–water partition coefficient (Wildman–Crippen LogP) is 6.92. The average molecular weight is 489 g/mol. The number of nitrogens with one attached hydrogen (secondary N) is 1. The second-order valence-electron chi connectivity index (χ2n) is 6.97. The van der Waals surface area contributed by atoms with Gasteiger partial charge >= 0.3 is 0 Å². The smallest absolute Gasteiger partial charge is 0.175 e. The van der Waals surface area contributed by atoms with Crippen molar-refractivity contribution < 1.29 is 9.47 Å². The zero-order valence-electron chi connectivity index (χ0n) is 16.2. The Morgan fingerprint density at radius 3 is 2.43 bits per heavy atom. The molecule has 2 aromatic carbocycles. The fourth-order valence-electron chi connectivity index (χ4n) is 3.43. The van der Waals surface area contributed by atoms with Crippen LogP contribution in [0.2, 0.25) is 5.02 Å². The van der Waals surface area contributed by atoms with E-state index in [4.69, 9.17) is 21.1 Å². The number of ether oxygens (including phenoxy) is 2. The zero-order chi connectivity index (χ0) is 19.1. The lowest BCUT2D eigenvalue weighted by molar-refractivity contribution is 0.267. The summed E-state index contributed by atoms with van der Waals surface area (Å²) in [6, 6.07) is 12.5. The van der Waals surface area contributed by atoms with Crippen molar-refractivity contribution >= 4 is 39.9 Å². The summed E-state index contributed by atoms with van der Waals surface area (Å²) in [5.41, 5.74) is 2.27. The van der Waals surface area contributed by atoms with E-state index < -0.39 is 0 Å². The van der Waals surface area contributed by atoms with Crippen LogP contribution in [0.25, 0.3) is 0 Å². The molecular formula is C22H28BrCl2NO2. The van der Waals surface area contributed by atoms with Gasteiger partial charge in [-0.3, -0.25) is 0 Å². The van der Waals surface area contributed by atoms with E-state index in [-0.39, 0.29) is 12.4 Å². The topological polar surface area (TPSA) is 30.5 Å². The van der Waals surface area contributed by atoms with Crippen LogP contribution in [0, 0.1) is 0 Å². The number of benzene rings is 2. The Morgan fingerprint density at radius 2 is 1.75 bits per heavy atom. The van der Waals surface area contributed by atoms with E-state index in [1.54, 1.807) is 0 Å². The van der Waals surface area contributed by atoms with Crippen LogP contribution in [0.1, 0.15) is 50.2 Å². The van der Waals surface area contributed by atoms with Crippen molar-refractivity contribution in [2.24, 2.45) is 0 Å². The van der Waals surface area contributed by atoms with E-state index in [1.165, 1.54) is 37.7 Å². The lowest BCUT2D eigenvalue weighted by Gasteiger charge is -2.23. The summed E-state index contributed by atoms with van der Waals surface area (Å²) in [5.74, 6) is 1.52. The Hall–Kier alpha value is -0.940. The standard InChI is InChI=1S/C22H27BrClNO2.ClH/c1-2-26-21-13-17(14-25-19-6-4-3-5-7-19)12-20(23)22(21)27-15-16-8-10-18(24)11-9-16;/h8-13,19,25H,2-7,14-15H2,1H3;1H. The highest BCUT2D eigenvalue weighted by Gasteiger charge is 2.15. The van der Waals surface area contributed by atoms with Crippen LogP contribution in [-0.2, 0) is 13.2 Å². The molecule has 0 saturated heterocycles. The third kappa shape index (κ3) is 6.84. The molecule has 154 valence electrons. The third-order valence-corrected chi connectivity index (χ3v) is 5.71. The highest BCUT2D eigenvalue weighted by Crippen LogP contribution is 2.37. The van der Waals surface area contributed by atoms with Gasteiger partial charge in [0, 0.05) is 17.6 Å². The maximum Gasteiger partial charge on any atom is 0.175 e. The van der Waals surface area contributed by atoms with Gasteiger partial charge < -0.3 is 14.8 Å². The van der Waals surface area contributed by atoms with Crippen molar-refractivity contribution in [3.8, 4) is 11.5 Å². The molecule has 0 amide bonds. The van der Waals surface area contributed by atoms with Gasteiger partial charge in [-0.25, -0.2) is 0 Å². The molecule has 28 heavy (non-hydrogen) atoms. The molecule has 0 radical (unpaired) electrons. The minimum absolute atomic E-state index is 0. The molecule has 0 bridgehead atoms. The zero-order valence-corrected chi connectivity index (χ0v) is 19.3. The summed E-state index contributed by atoms with van der Waals surface area (Å²) in [6.45, 7) is 3.91. The first-order chi connectivity index (χ1) is 13.2. The quantitative estimate of drug-likeness (QED) is 0.437. The molecule has 0 heterocycles. The molecule has 0 aliphatic heterocycles. The summed E-state index contributed by atoms with van der Waals surface area (Å²) < 4.78 is 12.8. The van der Waals surface area contributed by atoms with Crippen molar-refractivity contribution in [1.29, 1.82) is 0 Å². The first-order valence-corrected chi connectivity index (χ1v) is 10.9. The van der Waals surface area contributed by atoms with Crippen molar-refractivity contribution in [3.63, 3.8) is 0 Å². The highest BCUT2D eigenvalue weighted by atomic mass is 79.9. The number of hydrogen-bond acceptors (Lipinski definition) is 3. The first-order valence-electron chi connectivity index (χ1n) is 9.71. The number of rotatable bonds is 8. The fraction of sp³-hybridized carbons (Fsp3) is 0.455. The maximum atomic E-state index is 6.06. The Morgan fingerprint density at radius 1 is 1.04 bits per heavy atom. The molecule has 0 atom stereocenters. The van der Waals surface area contributed by atoms with E-state index in [9.17, 15) is 0 Å². The monoisotopic (exact) mass is 487 g/mol. The molecule has 3 rings (SSSR count). The van der Waals surface area contributed by atoms with E-state index >= 15 is 0 Å². The molecular weight excluding hydrogens is 461 g/mol. The van der Waals surface area contributed by atoms with Crippen LogP contribution in [0.5, 0.6) is 11.5 Å². The molecule has 1 fully saturated rings. The molecule has 3 nitrogen and oxygen atoms in total. The molecule has 0 aromatic heterocycles. The minimum atomic E-state index is 0. The summed E-state index contributed by atoms with van der Waals surface area (Å²) in [5, 5.41) is 4.41. The second-order valence-corrected chi connectivity index (χ2v) is 8.26. The largest absolute Gasteiger partial charge is 0.490 e. The molecule has 0 spiro atoms. The van der Waals surface area contributed by atoms with Gasteiger partial charge in [-0.1, -0.05) is 43.0 Å². The van der Waals surface area contributed by atoms with Crippen LogP contribution in [0.3, 0.4) is 0 Å². The van der Waals surface area contributed by atoms with Crippen molar-refractivity contribution in [2.45, 2.75) is 58.2 Å². The van der Waals surface area contributed by atoms with Gasteiger partial charge in [-0.15, -0.1) is 12.4 Å². The minimum Gasteiger partial charge on any atom is -0.490 e. The van der Waals surface area contributed by atoms with Gasteiger partial charge in [0.05, 0.1) is 11.1 Å². The van der Waals surface area contributed by atoms with E-state index in [0.717, 1.165) is 33.1 Å². The molecule has 1 saturated carbocycles. The molecule has 1 N–H and O–H groups in total. The maximum absolute atomic E-state index is 6.06. The van der Waals surface area contributed by atoms with Gasteiger partial charge in [0.25, 0.3) is 0 Å². The SMILES string of the molecule is CCOc1cc(CNC2CCCCC2)cc(Br)c1OCc1ccc(Cl)cc1.Cl. The van der Waals surface area contributed by atoms with Crippen molar-refractivity contribution in [1.82, 2.24) is 5.32 Å². The van der Waals surface area contributed by atoms with Crippen LogP contribution >= 0.6 is 39.9 Å². The Kier molecular flexibility index (Phi) is 9.93. The lowest BCUT2D eigenvalue weighted by Crippen LogP contribution is -2.30. The normalized spacial score (nSPS) is 14.4. The number of hydrogen-bond donors (Lipinski definition) is 1. The molecule has 1 aliphatic carbocycles. The Bertz CT molecular complexity index is 734. The van der Waals surface area contributed by atoms with Crippen LogP contribution in [-0.4, -0.2) is 12.6 Å². The molecule has 1 aliphatic rings. The Labute approximate surface area is 187 Å². The van der Waals surface area contributed by atoms with E-state index in [2.05, 4.69) is 33.4 Å². The first kappa shape index (κ1) is 23.3. The van der Waals surface area contributed by atoms with Crippen LogP contribution in [0.4, 0.5) is 0 Å². The van der Waals surface area contributed by atoms with Gasteiger partial charge in [0.2, 0.25) is 0 Å². The molecule has 2 aromatic rings. The predicted molar refractivity (Wildman–Crippen MR) is 122 cm³/mol. The summed E-state index contributed by atoms with van der Waals surface area (Å²) >= 11 is 9.61. The molecule has 6 heteroatoms. The molecule has 0 unspecified atom stereocenters. The van der Waals surface area contributed by atoms with Crippen molar-refractivity contribution in [2.75, 3.05) is 6.61 Å². The van der Waals surface area contributed by atoms with Crippen LogP contribution < -0.4 is 14.8 Å². The van der Waals surface area contributed by atoms with Gasteiger partial charge in [-0.2, -0.15) is 0 Å². The van der Waals surface area contributed by atoms with E-state index in [0.29, 0.717) is 19.3 Å². The van der Waals surface area contributed by atoms with E-state index in [1.807, 2.05) is 31.2 Å². The highest BCUT2D eigenvalue weighted by molar-refractivity contribution is 9.10. The van der Waals surface area contributed by atoms with Crippen molar-refractivity contribution in [3.05, 3.63) is 57.0 Å². The third-order valence-electron chi connectivity index (χ3n) is 4.87. The van der Waals surface area contributed by atoms with Gasteiger partial charge in [-0.05, 0) is 71.1 Å². The van der Waals surface area contributed by atoms with Gasteiger partial charge in [0.15, 0.2) is 11.5 Å². The van der Waals surface area contributed by atoms with Gasteiger partial charge in [0.1, 0.15) is 6.61 Å².